The maximum Gasteiger partial charge on any atom is 0.252 e. The number of rotatable bonds is 7. The van der Waals surface area contributed by atoms with E-state index in [9.17, 15) is 9.59 Å². The first-order valence-electron chi connectivity index (χ1n) is 9.43. The van der Waals surface area contributed by atoms with Crippen LogP contribution in [0.5, 0.6) is 0 Å². The zero-order valence-electron chi connectivity index (χ0n) is 15.6. The highest BCUT2D eigenvalue weighted by Gasteiger charge is 2.22. The van der Waals surface area contributed by atoms with Crippen molar-refractivity contribution >= 4 is 23.6 Å². The molecule has 0 spiro atoms. The molecule has 0 atom stereocenters. The van der Waals surface area contributed by atoms with Gasteiger partial charge in [0.2, 0.25) is 5.91 Å². The zero-order chi connectivity index (χ0) is 19.1. The van der Waals surface area contributed by atoms with Gasteiger partial charge in [-0.15, -0.1) is 11.8 Å². The minimum Gasteiger partial charge on any atom is -0.467 e. The van der Waals surface area contributed by atoms with E-state index < -0.39 is 0 Å². The summed E-state index contributed by atoms with van der Waals surface area (Å²) >= 11 is 1.42. The monoisotopic (exact) mass is 386 g/mol. The summed E-state index contributed by atoms with van der Waals surface area (Å²) < 4.78 is 5.24. The molecule has 1 aliphatic rings. The Balaban J connectivity index is 1.56. The second kappa shape index (κ2) is 9.65. The van der Waals surface area contributed by atoms with Gasteiger partial charge in [-0.2, -0.15) is 0 Å². The molecule has 0 unspecified atom stereocenters. The first kappa shape index (κ1) is 19.5. The van der Waals surface area contributed by atoms with Gasteiger partial charge in [0.1, 0.15) is 5.76 Å². The van der Waals surface area contributed by atoms with E-state index >= 15 is 0 Å². The largest absolute Gasteiger partial charge is 0.467 e. The molecule has 1 aliphatic carbocycles. The lowest BCUT2D eigenvalue weighted by Gasteiger charge is -2.31. The number of nitrogens with zero attached hydrogens (tertiary/aromatic N) is 1. The lowest BCUT2D eigenvalue weighted by molar-refractivity contribution is -0.129. The van der Waals surface area contributed by atoms with E-state index in [-0.39, 0.29) is 11.8 Å². The Hall–Kier alpha value is -2.21. The van der Waals surface area contributed by atoms with Crippen molar-refractivity contribution in [2.75, 3.05) is 12.8 Å². The van der Waals surface area contributed by atoms with Gasteiger partial charge < -0.3 is 14.6 Å². The summed E-state index contributed by atoms with van der Waals surface area (Å²) in [6, 6.07) is 11.4. The Kier molecular flexibility index (Phi) is 6.98. The Labute approximate surface area is 164 Å². The summed E-state index contributed by atoms with van der Waals surface area (Å²) in [4.78, 5) is 27.8. The van der Waals surface area contributed by atoms with Crippen LogP contribution in [0.1, 0.15) is 48.2 Å². The number of benzene rings is 1. The van der Waals surface area contributed by atoms with Crippen LogP contribution >= 0.6 is 11.8 Å². The smallest absolute Gasteiger partial charge is 0.252 e. The van der Waals surface area contributed by atoms with E-state index in [0.717, 1.165) is 17.7 Å². The summed E-state index contributed by atoms with van der Waals surface area (Å²) in [5, 5.41) is 2.86. The van der Waals surface area contributed by atoms with Gasteiger partial charge in [0, 0.05) is 18.0 Å². The topological polar surface area (TPSA) is 62.6 Å². The van der Waals surface area contributed by atoms with Crippen LogP contribution in [0.15, 0.2) is 52.0 Å². The van der Waals surface area contributed by atoms with Gasteiger partial charge in [0.25, 0.3) is 5.91 Å². The Morgan fingerprint density at radius 2 is 1.93 bits per heavy atom. The fraction of sp³-hybridized carbons (Fsp3) is 0.429. The molecule has 0 saturated heterocycles. The average molecular weight is 387 g/mol. The van der Waals surface area contributed by atoms with Gasteiger partial charge in [-0.3, -0.25) is 9.59 Å². The van der Waals surface area contributed by atoms with E-state index in [2.05, 4.69) is 5.32 Å². The van der Waals surface area contributed by atoms with E-state index in [0.29, 0.717) is 29.7 Å². The summed E-state index contributed by atoms with van der Waals surface area (Å²) in [7, 11) is 1.90. The number of carbonyl (C=O) groups excluding carboxylic acids is 2. The predicted molar refractivity (Wildman–Crippen MR) is 107 cm³/mol. The molecule has 5 nitrogen and oxygen atoms in total. The number of carbonyl (C=O) groups is 2. The molecule has 144 valence electrons. The molecular weight excluding hydrogens is 360 g/mol. The van der Waals surface area contributed by atoms with Crippen molar-refractivity contribution in [3.8, 4) is 0 Å². The molecule has 3 rings (SSSR count). The molecule has 2 amide bonds. The normalized spacial score (nSPS) is 14.7. The molecule has 1 saturated carbocycles. The third-order valence-electron chi connectivity index (χ3n) is 5.00. The fourth-order valence-electron chi connectivity index (χ4n) is 3.37. The highest BCUT2D eigenvalue weighted by Crippen LogP contribution is 2.25. The quantitative estimate of drug-likeness (QED) is 0.728. The van der Waals surface area contributed by atoms with Crippen LogP contribution in [0.2, 0.25) is 0 Å². The molecule has 1 fully saturated rings. The molecule has 2 aromatic rings. The molecule has 27 heavy (non-hydrogen) atoms. The van der Waals surface area contributed by atoms with Gasteiger partial charge in [0.15, 0.2) is 0 Å². The Morgan fingerprint density at radius 3 is 2.67 bits per heavy atom. The number of amides is 2. The minimum absolute atomic E-state index is 0.123. The van der Waals surface area contributed by atoms with Crippen molar-refractivity contribution in [2.45, 2.75) is 49.6 Å². The van der Waals surface area contributed by atoms with Gasteiger partial charge in [-0.05, 0) is 37.1 Å². The summed E-state index contributed by atoms with van der Waals surface area (Å²) in [5.74, 6) is 1.01. The highest BCUT2D eigenvalue weighted by molar-refractivity contribution is 8.00. The van der Waals surface area contributed by atoms with Crippen LogP contribution in [-0.2, 0) is 11.3 Å². The van der Waals surface area contributed by atoms with Gasteiger partial charge >= 0.3 is 0 Å². The fourth-order valence-corrected chi connectivity index (χ4v) is 4.34. The minimum atomic E-state index is -0.164. The lowest BCUT2D eigenvalue weighted by atomic mass is 9.94. The van der Waals surface area contributed by atoms with Gasteiger partial charge in [0.05, 0.1) is 24.1 Å². The van der Waals surface area contributed by atoms with Gasteiger partial charge in [-0.1, -0.05) is 31.4 Å². The third-order valence-corrected chi connectivity index (χ3v) is 6.06. The maximum absolute atomic E-state index is 12.6. The second-order valence-corrected chi connectivity index (χ2v) is 7.86. The van der Waals surface area contributed by atoms with Crippen molar-refractivity contribution in [3.63, 3.8) is 0 Å². The van der Waals surface area contributed by atoms with Crippen LogP contribution in [0, 0.1) is 0 Å². The van der Waals surface area contributed by atoms with E-state index in [1.807, 2.05) is 36.2 Å². The third kappa shape index (κ3) is 5.39. The highest BCUT2D eigenvalue weighted by atomic mass is 32.2. The maximum atomic E-state index is 12.6. The molecule has 0 radical (unpaired) electrons. The molecule has 0 aliphatic heterocycles. The first-order valence-corrected chi connectivity index (χ1v) is 10.4. The zero-order valence-corrected chi connectivity index (χ0v) is 16.5. The SMILES string of the molecule is CN(C(=O)CSc1ccccc1C(=O)NCc1ccco1)C1CCCCC1. The lowest BCUT2D eigenvalue weighted by Crippen LogP contribution is -2.39. The number of thioether (sulfide) groups is 1. The Morgan fingerprint density at radius 1 is 1.15 bits per heavy atom. The summed E-state index contributed by atoms with van der Waals surface area (Å²) in [6.07, 6.45) is 7.45. The van der Waals surface area contributed by atoms with Gasteiger partial charge in [-0.25, -0.2) is 0 Å². The van der Waals surface area contributed by atoms with Crippen LogP contribution in [0.3, 0.4) is 0 Å². The van der Waals surface area contributed by atoms with E-state index in [1.165, 1.54) is 31.0 Å². The molecule has 1 heterocycles. The van der Waals surface area contributed by atoms with Crippen molar-refractivity contribution in [1.29, 1.82) is 0 Å². The summed E-state index contributed by atoms with van der Waals surface area (Å²) in [6.45, 7) is 0.341. The van der Waals surface area contributed by atoms with Crippen LogP contribution in [-0.4, -0.2) is 35.6 Å². The number of furan rings is 1. The van der Waals surface area contributed by atoms with E-state index in [1.54, 1.807) is 18.4 Å². The molecule has 1 N–H and O–H groups in total. The second-order valence-electron chi connectivity index (χ2n) is 6.84. The van der Waals surface area contributed by atoms with Crippen molar-refractivity contribution in [2.24, 2.45) is 0 Å². The number of hydrogen-bond donors (Lipinski definition) is 1. The number of hydrogen-bond acceptors (Lipinski definition) is 4. The van der Waals surface area contributed by atoms with Crippen molar-refractivity contribution in [1.82, 2.24) is 10.2 Å². The van der Waals surface area contributed by atoms with Crippen LogP contribution in [0.4, 0.5) is 0 Å². The number of nitrogens with one attached hydrogen (secondary N) is 1. The molecule has 1 aromatic carbocycles. The standard InChI is InChI=1S/C21H26N2O3S/c1-23(16-8-3-2-4-9-16)20(24)15-27-19-12-6-5-11-18(19)21(25)22-14-17-10-7-13-26-17/h5-7,10-13,16H,2-4,8-9,14-15H2,1H3,(H,22,25). The van der Waals surface area contributed by atoms with Crippen molar-refractivity contribution < 1.29 is 14.0 Å². The van der Waals surface area contributed by atoms with Crippen LogP contribution < -0.4 is 5.32 Å². The molecule has 6 heteroatoms. The first-order chi connectivity index (χ1) is 13.1. The summed E-state index contributed by atoms with van der Waals surface area (Å²) in [5.41, 5.74) is 0.585. The van der Waals surface area contributed by atoms with E-state index in [4.69, 9.17) is 4.42 Å². The van der Waals surface area contributed by atoms with Crippen molar-refractivity contribution in [3.05, 3.63) is 54.0 Å². The predicted octanol–water partition coefficient (Wildman–Crippen LogP) is 4.09. The van der Waals surface area contributed by atoms with Crippen LogP contribution in [0.25, 0.3) is 0 Å². The molecule has 1 aromatic heterocycles. The molecule has 0 bridgehead atoms. The molecular formula is C21H26N2O3S. The average Bonchev–Trinajstić information content (AvgIpc) is 3.24. The Bertz CT molecular complexity index is 755.